The summed E-state index contributed by atoms with van der Waals surface area (Å²) in [7, 11) is 0. The van der Waals surface area contributed by atoms with Crippen LogP contribution in [0.3, 0.4) is 0 Å². The molecule has 0 saturated heterocycles. The molecule has 3 heterocycles. The lowest BCUT2D eigenvalue weighted by Crippen LogP contribution is -2.06. The minimum absolute atomic E-state index is 0.0418. The van der Waals surface area contributed by atoms with Crippen molar-refractivity contribution in [1.82, 2.24) is 9.38 Å². The number of imidazole rings is 1. The van der Waals surface area contributed by atoms with Gasteiger partial charge >= 0.3 is 11.6 Å². The molecule has 30 heavy (non-hydrogen) atoms. The molecule has 0 aliphatic carbocycles. The number of esters is 1. The molecule has 0 radical (unpaired) electrons. The molecule has 6 nitrogen and oxygen atoms in total. The van der Waals surface area contributed by atoms with E-state index in [1.54, 1.807) is 10.5 Å². The number of fused-ring (bicyclic) bond motifs is 2. The number of aromatic nitrogens is 2. The van der Waals surface area contributed by atoms with Crippen molar-refractivity contribution < 1.29 is 13.9 Å². The van der Waals surface area contributed by atoms with E-state index in [2.05, 4.69) is 18.8 Å². The maximum atomic E-state index is 12.3. The number of hydrogen-bond donors (Lipinski definition) is 0. The third-order valence-electron chi connectivity index (χ3n) is 4.84. The van der Waals surface area contributed by atoms with Gasteiger partial charge in [-0.3, -0.25) is 4.40 Å². The minimum Gasteiger partial charge on any atom is -0.458 e. The Balaban J connectivity index is 1.57. The van der Waals surface area contributed by atoms with Gasteiger partial charge in [0.2, 0.25) is 0 Å². The van der Waals surface area contributed by atoms with Gasteiger partial charge in [-0.25, -0.2) is 14.6 Å². The highest BCUT2D eigenvalue weighted by atomic mass is 35.5. The normalized spacial score (nSPS) is 11.9. The van der Waals surface area contributed by atoms with E-state index in [-0.39, 0.29) is 6.61 Å². The molecule has 0 amide bonds. The zero-order valence-corrected chi connectivity index (χ0v) is 18.2. The van der Waals surface area contributed by atoms with Crippen LogP contribution >= 0.6 is 22.9 Å². The largest absolute Gasteiger partial charge is 0.458 e. The Morgan fingerprint density at radius 2 is 2.17 bits per heavy atom. The van der Waals surface area contributed by atoms with Gasteiger partial charge in [-0.05, 0) is 42.2 Å². The number of aryl methyl sites for hydroxylation is 1. The molecular weight excluding hydrogens is 424 g/mol. The van der Waals surface area contributed by atoms with Crippen molar-refractivity contribution in [2.45, 2.75) is 33.3 Å². The van der Waals surface area contributed by atoms with Crippen molar-refractivity contribution in [2.75, 3.05) is 0 Å². The summed E-state index contributed by atoms with van der Waals surface area (Å²) in [6.07, 6.45) is 4.69. The summed E-state index contributed by atoms with van der Waals surface area (Å²) in [5.41, 5.74) is 3.41. The van der Waals surface area contributed by atoms with Crippen LogP contribution in [0.15, 0.2) is 45.1 Å². The SMILES string of the molecule is Cc1cc2oc(=O)cc(COC(=O)/C=C/c3c(Cl)nc4sccn34)c2cc1C(C)C. The highest BCUT2D eigenvalue weighted by molar-refractivity contribution is 7.15. The number of carbonyl (C=O) groups excluding carboxylic acids is 1. The van der Waals surface area contributed by atoms with E-state index < -0.39 is 11.6 Å². The Hall–Kier alpha value is -2.90. The molecule has 0 aliphatic heterocycles. The van der Waals surface area contributed by atoms with Gasteiger partial charge in [-0.2, -0.15) is 0 Å². The van der Waals surface area contributed by atoms with E-state index in [0.717, 1.165) is 21.5 Å². The van der Waals surface area contributed by atoms with Crippen LogP contribution in [0, 0.1) is 6.92 Å². The van der Waals surface area contributed by atoms with Gasteiger partial charge in [0.15, 0.2) is 10.1 Å². The number of benzene rings is 1. The van der Waals surface area contributed by atoms with E-state index in [0.29, 0.717) is 27.9 Å². The van der Waals surface area contributed by atoms with Crippen LogP contribution in [0.4, 0.5) is 0 Å². The molecule has 1 aromatic carbocycles. The first-order valence-electron chi connectivity index (χ1n) is 9.36. The zero-order chi connectivity index (χ0) is 21.4. The Morgan fingerprint density at radius 3 is 2.93 bits per heavy atom. The molecule has 0 aliphatic rings. The lowest BCUT2D eigenvalue weighted by molar-refractivity contribution is -0.138. The van der Waals surface area contributed by atoms with Crippen LogP contribution in [-0.2, 0) is 16.1 Å². The number of rotatable bonds is 5. The topological polar surface area (TPSA) is 73.8 Å². The molecule has 0 fully saturated rings. The fraction of sp³-hybridized carbons (Fsp3) is 0.227. The second-order valence-corrected chi connectivity index (χ2v) is 8.47. The number of halogens is 1. The third-order valence-corrected chi connectivity index (χ3v) is 5.87. The van der Waals surface area contributed by atoms with Crippen LogP contribution in [-0.4, -0.2) is 15.4 Å². The van der Waals surface area contributed by atoms with Crippen molar-refractivity contribution in [2.24, 2.45) is 0 Å². The van der Waals surface area contributed by atoms with Gasteiger partial charge in [0.1, 0.15) is 12.2 Å². The summed E-state index contributed by atoms with van der Waals surface area (Å²) < 4.78 is 12.5. The molecule has 4 rings (SSSR count). The van der Waals surface area contributed by atoms with Gasteiger partial charge in [-0.15, -0.1) is 11.3 Å². The van der Waals surface area contributed by atoms with Crippen molar-refractivity contribution in [3.63, 3.8) is 0 Å². The van der Waals surface area contributed by atoms with E-state index in [9.17, 15) is 9.59 Å². The maximum absolute atomic E-state index is 12.3. The summed E-state index contributed by atoms with van der Waals surface area (Å²) in [6, 6.07) is 5.21. The summed E-state index contributed by atoms with van der Waals surface area (Å²) in [4.78, 5) is 29.2. The Morgan fingerprint density at radius 1 is 1.37 bits per heavy atom. The average molecular weight is 443 g/mol. The standard InChI is InChI=1S/C22H19ClN2O4S/c1-12(2)15-10-16-14(9-20(27)29-18(16)8-13(15)3)11-28-19(26)5-4-17-21(23)24-22-25(17)6-7-30-22/h4-10,12H,11H2,1-3H3/b5-4+. The molecule has 0 bridgehead atoms. The van der Waals surface area contributed by atoms with Crippen LogP contribution in [0.25, 0.3) is 22.0 Å². The minimum atomic E-state index is -0.547. The summed E-state index contributed by atoms with van der Waals surface area (Å²) in [5.74, 6) is -0.233. The lowest BCUT2D eigenvalue weighted by Gasteiger charge is -2.13. The summed E-state index contributed by atoms with van der Waals surface area (Å²) in [5, 5.41) is 2.96. The highest BCUT2D eigenvalue weighted by Gasteiger charge is 2.13. The number of ether oxygens (including phenoxy) is 1. The van der Waals surface area contributed by atoms with Crippen LogP contribution in [0.5, 0.6) is 0 Å². The summed E-state index contributed by atoms with van der Waals surface area (Å²) >= 11 is 7.58. The van der Waals surface area contributed by atoms with Crippen LogP contribution in [0.2, 0.25) is 5.15 Å². The van der Waals surface area contributed by atoms with Gasteiger partial charge in [0.25, 0.3) is 0 Å². The summed E-state index contributed by atoms with van der Waals surface area (Å²) in [6.45, 7) is 6.14. The van der Waals surface area contributed by atoms with Crippen molar-refractivity contribution in [1.29, 1.82) is 0 Å². The highest BCUT2D eigenvalue weighted by Crippen LogP contribution is 2.27. The van der Waals surface area contributed by atoms with Crippen molar-refractivity contribution in [3.8, 4) is 0 Å². The number of hydrogen-bond acceptors (Lipinski definition) is 6. The lowest BCUT2D eigenvalue weighted by atomic mass is 9.95. The molecule has 0 saturated carbocycles. The van der Waals surface area contributed by atoms with Gasteiger partial charge in [-0.1, -0.05) is 25.4 Å². The number of thiazole rings is 1. The zero-order valence-electron chi connectivity index (χ0n) is 16.6. The first-order chi connectivity index (χ1) is 14.3. The molecule has 0 unspecified atom stereocenters. The molecule has 0 N–H and O–H groups in total. The van der Waals surface area contributed by atoms with E-state index in [1.165, 1.54) is 23.5 Å². The first kappa shape index (κ1) is 20.4. The Labute approximate surface area is 181 Å². The van der Waals surface area contributed by atoms with Crippen LogP contribution in [0.1, 0.15) is 42.1 Å². The van der Waals surface area contributed by atoms with E-state index >= 15 is 0 Å². The molecule has 154 valence electrons. The number of nitrogens with zero attached hydrogens (tertiary/aromatic N) is 2. The predicted octanol–water partition coefficient (Wildman–Crippen LogP) is 5.34. The fourth-order valence-corrected chi connectivity index (χ4v) is 4.41. The monoisotopic (exact) mass is 442 g/mol. The Bertz CT molecular complexity index is 1350. The molecule has 0 atom stereocenters. The smallest absolute Gasteiger partial charge is 0.336 e. The molecular formula is C22H19ClN2O4S. The molecule has 4 aromatic rings. The molecule has 8 heteroatoms. The number of carbonyl (C=O) groups is 1. The first-order valence-corrected chi connectivity index (χ1v) is 10.6. The van der Waals surface area contributed by atoms with Crippen LogP contribution < -0.4 is 5.63 Å². The van der Waals surface area contributed by atoms with Crippen molar-refractivity contribution in [3.05, 3.63) is 73.8 Å². The van der Waals surface area contributed by atoms with Gasteiger partial charge in [0, 0.05) is 34.7 Å². The predicted molar refractivity (Wildman–Crippen MR) is 118 cm³/mol. The molecule has 0 spiro atoms. The fourth-order valence-electron chi connectivity index (χ4n) is 3.40. The Kier molecular flexibility index (Phi) is 5.49. The van der Waals surface area contributed by atoms with Crippen molar-refractivity contribution >= 4 is 50.9 Å². The average Bonchev–Trinajstić information content (AvgIpc) is 3.24. The maximum Gasteiger partial charge on any atom is 0.336 e. The van der Waals surface area contributed by atoms with E-state index in [4.69, 9.17) is 20.8 Å². The second kappa shape index (κ2) is 8.08. The quantitative estimate of drug-likeness (QED) is 0.237. The second-order valence-electron chi connectivity index (χ2n) is 7.23. The van der Waals surface area contributed by atoms with Gasteiger partial charge < -0.3 is 9.15 Å². The third kappa shape index (κ3) is 3.91. The molecule has 3 aromatic heterocycles. The van der Waals surface area contributed by atoms with Gasteiger partial charge in [0.05, 0.1) is 5.69 Å². The van der Waals surface area contributed by atoms with E-state index in [1.807, 2.05) is 30.6 Å².